The standard InChI is InChI=1S/C5H8O2S.C4H5NO3/c1-3-5(7)8-4(2)6;6-3-1-2-4(7)5(3)8/h3H2,1-2H3;8H,1-2H2/p+1. The molecule has 16 heavy (non-hydrogen) atoms. The molecule has 0 saturated carbocycles. The third-order valence-electron chi connectivity index (χ3n) is 1.59. The maximum Gasteiger partial charge on any atom is 0.358 e. The molecule has 0 unspecified atom stereocenters. The van der Waals surface area contributed by atoms with Crippen molar-refractivity contribution in [2.45, 2.75) is 33.1 Å². The van der Waals surface area contributed by atoms with Crippen LogP contribution in [0.3, 0.4) is 0 Å². The number of carbonyl (C=O) groups excluding carboxylic acids is 4. The molecule has 90 valence electrons. The van der Waals surface area contributed by atoms with Gasteiger partial charge in [-0.25, -0.2) is 0 Å². The SMILES string of the molecule is CCC(=[OH+])SC(C)=O.O=C1CCC(=O)N1O. The zero-order valence-electron chi connectivity index (χ0n) is 9.10. The molecule has 2 amide bonds. The van der Waals surface area contributed by atoms with Gasteiger partial charge in [0.25, 0.3) is 11.8 Å². The van der Waals surface area contributed by atoms with E-state index in [-0.39, 0.29) is 28.1 Å². The molecule has 7 heteroatoms. The van der Waals surface area contributed by atoms with Crippen LogP contribution >= 0.6 is 11.8 Å². The summed E-state index contributed by atoms with van der Waals surface area (Å²) in [6, 6.07) is 0. The summed E-state index contributed by atoms with van der Waals surface area (Å²) in [7, 11) is 0. The van der Waals surface area contributed by atoms with Crippen LogP contribution in [0.15, 0.2) is 0 Å². The second kappa shape index (κ2) is 7.13. The maximum atomic E-state index is 10.2. The van der Waals surface area contributed by atoms with E-state index < -0.39 is 11.8 Å². The van der Waals surface area contributed by atoms with Crippen molar-refractivity contribution in [2.75, 3.05) is 0 Å². The zero-order valence-corrected chi connectivity index (χ0v) is 9.91. The molecule has 0 radical (unpaired) electrons. The fraction of sp³-hybridized carbons (Fsp3) is 0.556. The Bertz CT molecular complexity index is 299. The van der Waals surface area contributed by atoms with Gasteiger partial charge in [0.2, 0.25) is 0 Å². The Balaban J connectivity index is 0.000000281. The van der Waals surface area contributed by atoms with E-state index in [1.54, 1.807) is 6.92 Å². The van der Waals surface area contributed by atoms with Crippen LogP contribution in [0.5, 0.6) is 0 Å². The van der Waals surface area contributed by atoms with Crippen LogP contribution in [0.4, 0.5) is 0 Å². The highest BCUT2D eigenvalue weighted by Crippen LogP contribution is 2.07. The molecule has 1 aliphatic rings. The minimum atomic E-state index is -0.505. The molecule has 0 aromatic rings. The highest BCUT2D eigenvalue weighted by Gasteiger charge is 2.26. The average Bonchev–Trinajstić information content (AvgIpc) is 2.49. The average molecular weight is 248 g/mol. The van der Waals surface area contributed by atoms with Gasteiger partial charge in [-0.1, -0.05) is 6.92 Å². The molecular formula is C9H14NO5S+. The Kier molecular flexibility index (Phi) is 6.59. The predicted octanol–water partition coefficient (Wildman–Crippen LogP) is 0.703. The van der Waals surface area contributed by atoms with Crippen LogP contribution in [0.25, 0.3) is 0 Å². The predicted molar refractivity (Wildman–Crippen MR) is 58.4 cm³/mol. The number of carbonyl (C=O) groups is 3. The van der Waals surface area contributed by atoms with Crippen LogP contribution in [0.2, 0.25) is 0 Å². The van der Waals surface area contributed by atoms with E-state index in [4.69, 9.17) is 10.0 Å². The van der Waals surface area contributed by atoms with Gasteiger partial charge in [-0.3, -0.25) is 24.4 Å². The van der Waals surface area contributed by atoms with Gasteiger partial charge in [0.05, 0.1) is 6.42 Å². The van der Waals surface area contributed by atoms with Crippen molar-refractivity contribution >= 4 is 33.8 Å². The fourth-order valence-corrected chi connectivity index (χ4v) is 1.28. The molecule has 1 aliphatic heterocycles. The minimum Gasteiger partial charge on any atom is -0.287 e. The van der Waals surface area contributed by atoms with Gasteiger partial charge in [0.1, 0.15) is 0 Å². The summed E-state index contributed by atoms with van der Waals surface area (Å²) in [5.41, 5.74) is 0. The maximum absolute atomic E-state index is 10.2. The number of nitrogens with zero attached hydrogens (tertiary/aromatic N) is 1. The molecule has 0 bridgehead atoms. The van der Waals surface area contributed by atoms with Gasteiger partial charge in [-0.2, -0.15) is 5.06 Å². The van der Waals surface area contributed by atoms with Crippen molar-refractivity contribution in [1.82, 2.24) is 5.06 Å². The summed E-state index contributed by atoms with van der Waals surface area (Å²) >= 11 is 0.888. The summed E-state index contributed by atoms with van der Waals surface area (Å²) < 4.78 is 0. The lowest BCUT2D eigenvalue weighted by molar-refractivity contribution is -0.171. The highest BCUT2D eigenvalue weighted by atomic mass is 32.2. The van der Waals surface area contributed by atoms with Crippen LogP contribution in [-0.2, 0) is 14.4 Å². The van der Waals surface area contributed by atoms with Crippen LogP contribution in [-0.4, -0.2) is 37.1 Å². The number of hydrogen-bond donors (Lipinski definition) is 1. The summed E-state index contributed by atoms with van der Waals surface area (Å²) in [6.07, 6.45) is 0.842. The molecule has 0 atom stereocenters. The van der Waals surface area contributed by atoms with Gasteiger partial charge in [0, 0.05) is 31.5 Å². The normalized spacial score (nSPS) is 14.6. The quantitative estimate of drug-likeness (QED) is 0.418. The van der Waals surface area contributed by atoms with Gasteiger partial charge in [-0.15, -0.1) is 0 Å². The number of hydroxylamine groups is 2. The lowest BCUT2D eigenvalue weighted by Crippen LogP contribution is -2.24. The first kappa shape index (κ1) is 14.8. The molecule has 0 aromatic heterocycles. The van der Waals surface area contributed by atoms with Crippen LogP contribution < -0.4 is 0 Å². The Morgan fingerprint density at radius 3 is 2.00 bits per heavy atom. The number of thioether (sulfide) groups is 1. The summed E-state index contributed by atoms with van der Waals surface area (Å²) in [6.45, 7) is 3.22. The Morgan fingerprint density at radius 2 is 1.88 bits per heavy atom. The van der Waals surface area contributed by atoms with Crippen molar-refractivity contribution < 1.29 is 24.4 Å². The number of hydrogen-bond acceptors (Lipinski definition) is 5. The van der Waals surface area contributed by atoms with Crippen molar-refractivity contribution in [3.8, 4) is 0 Å². The molecule has 0 aliphatic carbocycles. The van der Waals surface area contributed by atoms with Gasteiger partial charge < -0.3 is 0 Å². The second-order valence-electron chi connectivity index (χ2n) is 2.94. The van der Waals surface area contributed by atoms with Crippen molar-refractivity contribution in [2.24, 2.45) is 0 Å². The first-order chi connectivity index (χ1) is 7.38. The highest BCUT2D eigenvalue weighted by molar-refractivity contribution is 8.26. The smallest absolute Gasteiger partial charge is 0.287 e. The molecule has 2 N–H and O–H groups in total. The zero-order chi connectivity index (χ0) is 12.7. The third kappa shape index (κ3) is 5.62. The Labute approximate surface area is 96.9 Å². The topological polar surface area (TPSA) is 96.1 Å². The van der Waals surface area contributed by atoms with Crippen molar-refractivity contribution in [3.05, 3.63) is 0 Å². The molecular weight excluding hydrogens is 234 g/mol. The number of imide groups is 1. The molecule has 1 saturated heterocycles. The number of amides is 2. The first-order valence-corrected chi connectivity index (χ1v) is 5.48. The van der Waals surface area contributed by atoms with E-state index in [1.165, 1.54) is 6.92 Å². The molecule has 0 aromatic carbocycles. The van der Waals surface area contributed by atoms with Crippen molar-refractivity contribution in [3.63, 3.8) is 0 Å². The Morgan fingerprint density at radius 1 is 1.44 bits per heavy atom. The summed E-state index contributed by atoms with van der Waals surface area (Å²) in [5.74, 6) is -1.01. The monoisotopic (exact) mass is 248 g/mol. The van der Waals surface area contributed by atoms with E-state index in [0.29, 0.717) is 6.42 Å². The number of rotatable bonds is 1. The molecule has 6 nitrogen and oxygen atoms in total. The molecule has 0 spiro atoms. The third-order valence-corrected chi connectivity index (χ3v) is 2.40. The minimum absolute atomic E-state index is 0.0654. The van der Waals surface area contributed by atoms with E-state index >= 15 is 0 Å². The van der Waals surface area contributed by atoms with Crippen molar-refractivity contribution in [1.29, 1.82) is 0 Å². The van der Waals surface area contributed by atoms with Crippen LogP contribution in [0.1, 0.15) is 33.1 Å². The van der Waals surface area contributed by atoms with Gasteiger partial charge >= 0.3 is 5.12 Å². The van der Waals surface area contributed by atoms with E-state index in [1.807, 2.05) is 0 Å². The fourth-order valence-electron chi connectivity index (χ4n) is 0.803. The summed E-state index contributed by atoms with van der Waals surface area (Å²) in [5, 5.41) is 8.69. The van der Waals surface area contributed by atoms with Gasteiger partial charge in [-0.05, 0) is 0 Å². The first-order valence-electron chi connectivity index (χ1n) is 4.66. The van der Waals surface area contributed by atoms with E-state index in [9.17, 15) is 14.4 Å². The molecule has 1 fully saturated rings. The molecule has 1 rings (SSSR count). The second-order valence-corrected chi connectivity index (χ2v) is 4.19. The lowest BCUT2D eigenvalue weighted by Gasteiger charge is -1.98. The lowest BCUT2D eigenvalue weighted by atomic mass is 10.4. The largest absolute Gasteiger partial charge is 0.358 e. The van der Waals surface area contributed by atoms with E-state index in [0.717, 1.165) is 11.8 Å². The molecule has 1 heterocycles. The van der Waals surface area contributed by atoms with E-state index in [2.05, 4.69) is 0 Å². The summed E-state index contributed by atoms with van der Waals surface area (Å²) in [4.78, 5) is 39.4. The van der Waals surface area contributed by atoms with Gasteiger partial charge in [0.15, 0.2) is 5.12 Å². The Hall–Kier alpha value is -1.21. The van der Waals surface area contributed by atoms with Crippen LogP contribution in [0, 0.1) is 0 Å².